The van der Waals surface area contributed by atoms with E-state index in [1.165, 1.54) is 18.4 Å². The monoisotopic (exact) mass is 277 g/mol. The summed E-state index contributed by atoms with van der Waals surface area (Å²) in [5.74, 6) is 2.25. The lowest BCUT2D eigenvalue weighted by Crippen LogP contribution is -2.42. The number of rotatable bonds is 8. The number of benzene rings is 1. The first kappa shape index (κ1) is 15.3. The van der Waals surface area contributed by atoms with Crippen molar-refractivity contribution >= 4 is 0 Å². The predicted octanol–water partition coefficient (Wildman–Crippen LogP) is 2.76. The van der Waals surface area contributed by atoms with Crippen LogP contribution in [0.4, 0.5) is 0 Å². The van der Waals surface area contributed by atoms with Gasteiger partial charge in [0.2, 0.25) is 0 Å². The van der Waals surface area contributed by atoms with Gasteiger partial charge in [0.1, 0.15) is 18.5 Å². The van der Waals surface area contributed by atoms with Gasteiger partial charge in [-0.05, 0) is 49.3 Å². The highest BCUT2D eigenvalue weighted by Crippen LogP contribution is 2.35. The second kappa shape index (κ2) is 7.09. The van der Waals surface area contributed by atoms with Crippen molar-refractivity contribution in [1.29, 1.82) is 0 Å². The van der Waals surface area contributed by atoms with Crippen molar-refractivity contribution < 1.29 is 9.84 Å². The van der Waals surface area contributed by atoms with Crippen molar-refractivity contribution in [3.8, 4) is 5.75 Å². The number of nitrogens with one attached hydrogen (secondary N) is 1. The van der Waals surface area contributed by atoms with Crippen LogP contribution in [0.2, 0.25) is 0 Å². The number of ether oxygens (including phenoxy) is 1. The van der Waals surface area contributed by atoms with Crippen LogP contribution >= 0.6 is 0 Å². The van der Waals surface area contributed by atoms with E-state index in [1.807, 2.05) is 31.2 Å². The summed E-state index contributed by atoms with van der Waals surface area (Å²) in [5.41, 5.74) is 1.17. The minimum Gasteiger partial charge on any atom is -0.491 e. The lowest BCUT2D eigenvalue weighted by atomic mass is 9.99. The maximum atomic E-state index is 10.0. The smallest absolute Gasteiger partial charge is 0.119 e. The number of aliphatic hydroxyl groups is 1. The zero-order valence-corrected chi connectivity index (χ0v) is 12.8. The predicted molar refractivity (Wildman–Crippen MR) is 82.0 cm³/mol. The largest absolute Gasteiger partial charge is 0.491 e. The molecule has 1 aliphatic carbocycles. The highest BCUT2D eigenvalue weighted by atomic mass is 16.5. The molecular weight excluding hydrogens is 250 g/mol. The summed E-state index contributed by atoms with van der Waals surface area (Å²) >= 11 is 0. The third-order valence-corrected chi connectivity index (χ3v) is 3.87. The fourth-order valence-corrected chi connectivity index (χ4v) is 2.63. The maximum Gasteiger partial charge on any atom is 0.119 e. The molecule has 20 heavy (non-hydrogen) atoms. The number of aryl methyl sites for hydroxylation is 1. The van der Waals surface area contributed by atoms with Crippen LogP contribution in [0.3, 0.4) is 0 Å². The van der Waals surface area contributed by atoms with E-state index >= 15 is 0 Å². The van der Waals surface area contributed by atoms with Crippen molar-refractivity contribution in [3.63, 3.8) is 0 Å². The van der Waals surface area contributed by atoms with Crippen LogP contribution in [0.15, 0.2) is 24.3 Å². The lowest BCUT2D eigenvalue weighted by Gasteiger charge is -2.24. The van der Waals surface area contributed by atoms with E-state index in [1.54, 1.807) is 0 Å². The Balaban J connectivity index is 1.71. The van der Waals surface area contributed by atoms with Crippen molar-refractivity contribution in [1.82, 2.24) is 5.32 Å². The molecule has 0 saturated heterocycles. The Labute approximate surface area is 122 Å². The Morgan fingerprint density at radius 1 is 1.35 bits per heavy atom. The van der Waals surface area contributed by atoms with E-state index in [-0.39, 0.29) is 0 Å². The van der Waals surface area contributed by atoms with E-state index in [2.05, 4.69) is 19.2 Å². The third-order valence-electron chi connectivity index (χ3n) is 3.87. The summed E-state index contributed by atoms with van der Waals surface area (Å²) in [6.07, 6.45) is 2.19. The first-order valence-corrected chi connectivity index (χ1v) is 7.67. The molecule has 0 aromatic heterocycles. The molecule has 2 rings (SSSR count). The average molecular weight is 277 g/mol. The molecule has 0 spiro atoms. The van der Waals surface area contributed by atoms with E-state index in [0.29, 0.717) is 25.1 Å². The van der Waals surface area contributed by atoms with Gasteiger partial charge in [-0.25, -0.2) is 0 Å². The normalized spacial score (nSPS) is 18.1. The van der Waals surface area contributed by atoms with Crippen molar-refractivity contribution in [2.45, 2.75) is 45.8 Å². The zero-order chi connectivity index (χ0) is 14.5. The Morgan fingerprint density at radius 3 is 2.70 bits per heavy atom. The molecule has 2 unspecified atom stereocenters. The molecule has 0 amide bonds. The molecule has 0 heterocycles. The molecule has 1 aromatic carbocycles. The van der Waals surface area contributed by atoms with Gasteiger partial charge in [-0.3, -0.25) is 0 Å². The molecule has 2 atom stereocenters. The van der Waals surface area contributed by atoms with Crippen LogP contribution in [-0.4, -0.2) is 30.4 Å². The van der Waals surface area contributed by atoms with Gasteiger partial charge >= 0.3 is 0 Å². The molecule has 0 radical (unpaired) electrons. The second-order valence-electron chi connectivity index (χ2n) is 6.30. The summed E-state index contributed by atoms with van der Waals surface area (Å²) in [5, 5.41) is 13.5. The van der Waals surface area contributed by atoms with Crippen molar-refractivity contribution in [3.05, 3.63) is 29.8 Å². The SMILES string of the molecule is Cc1cccc(OCC(O)CNC(C(C)C)C2CC2)c1. The summed E-state index contributed by atoms with van der Waals surface area (Å²) < 4.78 is 5.63. The van der Waals surface area contributed by atoms with Gasteiger partial charge in [-0.15, -0.1) is 0 Å². The fourth-order valence-electron chi connectivity index (χ4n) is 2.63. The van der Waals surface area contributed by atoms with Gasteiger partial charge in [0, 0.05) is 12.6 Å². The molecule has 1 fully saturated rings. The van der Waals surface area contributed by atoms with E-state index in [9.17, 15) is 5.11 Å². The maximum absolute atomic E-state index is 10.0. The molecule has 1 aromatic rings. The molecule has 1 saturated carbocycles. The molecule has 112 valence electrons. The molecule has 0 aliphatic heterocycles. The number of aliphatic hydroxyl groups excluding tert-OH is 1. The van der Waals surface area contributed by atoms with E-state index < -0.39 is 6.10 Å². The summed E-state index contributed by atoms with van der Waals surface area (Å²) in [4.78, 5) is 0. The Bertz CT molecular complexity index is 413. The summed E-state index contributed by atoms with van der Waals surface area (Å²) in [7, 11) is 0. The number of hydrogen-bond donors (Lipinski definition) is 2. The van der Waals surface area contributed by atoms with Crippen LogP contribution in [0.25, 0.3) is 0 Å². The summed E-state index contributed by atoms with van der Waals surface area (Å²) in [6.45, 7) is 7.46. The summed E-state index contributed by atoms with van der Waals surface area (Å²) in [6, 6.07) is 8.45. The van der Waals surface area contributed by atoms with Gasteiger partial charge in [0.05, 0.1) is 0 Å². The molecule has 3 nitrogen and oxygen atoms in total. The van der Waals surface area contributed by atoms with Crippen LogP contribution in [0.5, 0.6) is 5.75 Å². The van der Waals surface area contributed by atoms with Crippen LogP contribution < -0.4 is 10.1 Å². The Kier molecular flexibility index (Phi) is 5.44. The number of hydrogen-bond acceptors (Lipinski definition) is 3. The average Bonchev–Trinajstić information content (AvgIpc) is 3.21. The molecular formula is C17H27NO2. The topological polar surface area (TPSA) is 41.5 Å². The van der Waals surface area contributed by atoms with E-state index in [0.717, 1.165) is 11.7 Å². The standard InChI is InChI=1S/C17H27NO2/c1-12(2)17(14-7-8-14)18-10-15(19)11-20-16-6-4-5-13(3)9-16/h4-6,9,12,14-15,17-19H,7-8,10-11H2,1-3H3. The van der Waals surface area contributed by atoms with Gasteiger partial charge in [0.15, 0.2) is 0 Å². The van der Waals surface area contributed by atoms with Crippen LogP contribution in [0.1, 0.15) is 32.3 Å². The van der Waals surface area contributed by atoms with Gasteiger partial charge in [-0.2, -0.15) is 0 Å². The molecule has 1 aliphatic rings. The van der Waals surface area contributed by atoms with E-state index in [4.69, 9.17) is 4.74 Å². The zero-order valence-electron chi connectivity index (χ0n) is 12.8. The van der Waals surface area contributed by atoms with Gasteiger partial charge in [-0.1, -0.05) is 26.0 Å². The quantitative estimate of drug-likeness (QED) is 0.768. The van der Waals surface area contributed by atoms with Crippen molar-refractivity contribution in [2.24, 2.45) is 11.8 Å². The fraction of sp³-hybridized carbons (Fsp3) is 0.647. The highest BCUT2D eigenvalue weighted by molar-refractivity contribution is 5.27. The van der Waals surface area contributed by atoms with Crippen LogP contribution in [0, 0.1) is 18.8 Å². The third kappa shape index (κ3) is 4.80. The first-order chi connectivity index (χ1) is 9.56. The second-order valence-corrected chi connectivity index (χ2v) is 6.30. The van der Waals surface area contributed by atoms with Gasteiger partial charge in [0.25, 0.3) is 0 Å². The minimum absolute atomic E-state index is 0.339. The molecule has 2 N–H and O–H groups in total. The lowest BCUT2D eigenvalue weighted by molar-refractivity contribution is 0.100. The Morgan fingerprint density at radius 2 is 2.10 bits per heavy atom. The van der Waals surface area contributed by atoms with Crippen molar-refractivity contribution in [2.75, 3.05) is 13.2 Å². The highest BCUT2D eigenvalue weighted by Gasteiger charge is 2.32. The molecule has 3 heteroatoms. The van der Waals surface area contributed by atoms with Crippen LogP contribution in [-0.2, 0) is 0 Å². The minimum atomic E-state index is -0.462. The Hall–Kier alpha value is -1.06. The van der Waals surface area contributed by atoms with Gasteiger partial charge < -0.3 is 15.2 Å². The first-order valence-electron chi connectivity index (χ1n) is 7.67. The molecule has 0 bridgehead atoms.